The predicted molar refractivity (Wildman–Crippen MR) is 88.9 cm³/mol. The van der Waals surface area contributed by atoms with Gasteiger partial charge in [-0.3, -0.25) is 4.79 Å². The molecule has 1 fully saturated rings. The first-order chi connectivity index (χ1) is 10.3. The molecule has 122 valence electrons. The maximum atomic E-state index is 12.1. The van der Waals surface area contributed by atoms with Crippen molar-refractivity contribution in [2.24, 2.45) is 0 Å². The van der Waals surface area contributed by atoms with E-state index in [4.69, 9.17) is 0 Å². The Hall–Kier alpha value is -1.40. The van der Waals surface area contributed by atoms with E-state index >= 15 is 0 Å². The van der Waals surface area contributed by atoms with Gasteiger partial charge in [-0.1, -0.05) is 12.1 Å². The number of rotatable bonds is 5. The van der Waals surface area contributed by atoms with E-state index in [0.29, 0.717) is 19.4 Å². The highest BCUT2D eigenvalue weighted by Gasteiger charge is 2.30. The molecule has 1 heterocycles. The lowest BCUT2D eigenvalue weighted by atomic mass is 10.1. The summed E-state index contributed by atoms with van der Waals surface area (Å²) in [6.45, 7) is 4.57. The van der Waals surface area contributed by atoms with Crippen LogP contribution in [0.3, 0.4) is 0 Å². The predicted octanol–water partition coefficient (Wildman–Crippen LogP) is 1.75. The summed E-state index contributed by atoms with van der Waals surface area (Å²) < 4.78 is 23.0. The van der Waals surface area contributed by atoms with Crippen LogP contribution in [0.2, 0.25) is 0 Å². The van der Waals surface area contributed by atoms with Gasteiger partial charge in [-0.15, -0.1) is 0 Å². The Kier molecular flexibility index (Phi) is 5.24. The van der Waals surface area contributed by atoms with Crippen molar-refractivity contribution in [3.8, 4) is 0 Å². The molecule has 1 aliphatic rings. The molecular weight excluding hydrogens is 300 g/mol. The van der Waals surface area contributed by atoms with E-state index in [1.807, 2.05) is 44.0 Å². The maximum absolute atomic E-state index is 12.1. The fourth-order valence-electron chi connectivity index (χ4n) is 2.68. The molecule has 1 N–H and O–H groups in total. The molecular formula is C16H24N2O3S. The smallest absolute Gasteiger partial charge is 0.225 e. The number of benzene rings is 1. The van der Waals surface area contributed by atoms with Crippen LogP contribution in [0.15, 0.2) is 18.2 Å². The first-order valence-electron chi connectivity index (χ1n) is 7.55. The third kappa shape index (κ3) is 4.30. The number of hydrogen-bond acceptors (Lipinski definition) is 4. The van der Waals surface area contributed by atoms with Crippen molar-refractivity contribution in [2.45, 2.75) is 32.7 Å². The van der Waals surface area contributed by atoms with Crippen LogP contribution in [0.5, 0.6) is 0 Å². The molecule has 1 aromatic rings. The highest BCUT2D eigenvalue weighted by atomic mass is 32.2. The number of nitrogens with zero attached hydrogens (tertiary/aromatic N) is 1. The first kappa shape index (κ1) is 17.0. The highest BCUT2D eigenvalue weighted by molar-refractivity contribution is 7.91. The van der Waals surface area contributed by atoms with Crippen molar-refractivity contribution >= 4 is 21.4 Å². The van der Waals surface area contributed by atoms with E-state index in [-0.39, 0.29) is 23.5 Å². The monoisotopic (exact) mass is 324 g/mol. The van der Waals surface area contributed by atoms with Crippen molar-refractivity contribution in [2.75, 3.05) is 30.4 Å². The summed E-state index contributed by atoms with van der Waals surface area (Å²) in [6.07, 6.45) is 1.03. The number of carbonyl (C=O) groups is 1. The molecule has 5 nitrogen and oxygen atoms in total. The summed E-state index contributed by atoms with van der Waals surface area (Å²) in [5.74, 6) is 0.431. The van der Waals surface area contributed by atoms with Crippen LogP contribution in [0, 0.1) is 13.8 Å². The van der Waals surface area contributed by atoms with E-state index < -0.39 is 9.84 Å². The summed E-state index contributed by atoms with van der Waals surface area (Å²) in [7, 11) is -0.995. The lowest BCUT2D eigenvalue weighted by Gasteiger charge is -2.22. The van der Waals surface area contributed by atoms with Gasteiger partial charge in [0, 0.05) is 24.7 Å². The van der Waals surface area contributed by atoms with Gasteiger partial charge in [0.15, 0.2) is 9.84 Å². The molecule has 1 saturated heterocycles. The van der Waals surface area contributed by atoms with Gasteiger partial charge in [0.2, 0.25) is 5.91 Å². The number of sulfone groups is 1. The number of hydrogen-bond donors (Lipinski definition) is 1. The zero-order valence-electron chi connectivity index (χ0n) is 13.4. The van der Waals surface area contributed by atoms with Crippen molar-refractivity contribution in [1.82, 2.24) is 4.90 Å². The Bertz CT molecular complexity index is 655. The molecule has 0 aromatic heterocycles. The molecule has 1 aliphatic heterocycles. The van der Waals surface area contributed by atoms with Gasteiger partial charge in [-0.25, -0.2) is 8.42 Å². The standard InChI is InChI=1S/C16H24N2O3S/c1-12-5-4-6-15(13(12)2)17-16(19)7-9-18(3)14-8-10-22(20,21)11-14/h4-6,14H,7-11H2,1-3H3,(H,17,19). The minimum absolute atomic E-state index is 0.0403. The fourth-order valence-corrected chi connectivity index (χ4v) is 4.49. The Labute approximate surface area is 132 Å². The lowest BCUT2D eigenvalue weighted by Crippen LogP contribution is -2.35. The molecule has 0 saturated carbocycles. The number of amides is 1. The Morgan fingerprint density at radius 3 is 2.73 bits per heavy atom. The van der Waals surface area contributed by atoms with Gasteiger partial charge < -0.3 is 10.2 Å². The number of carbonyl (C=O) groups excluding carboxylic acids is 1. The van der Waals surface area contributed by atoms with Crippen LogP contribution in [-0.2, 0) is 14.6 Å². The molecule has 0 bridgehead atoms. The molecule has 1 atom stereocenters. The molecule has 0 spiro atoms. The van der Waals surface area contributed by atoms with E-state index in [2.05, 4.69) is 5.32 Å². The third-order valence-electron chi connectivity index (χ3n) is 4.40. The second-order valence-electron chi connectivity index (χ2n) is 6.08. The summed E-state index contributed by atoms with van der Waals surface area (Å²) in [5, 5.41) is 2.93. The van der Waals surface area contributed by atoms with Crippen molar-refractivity contribution in [3.05, 3.63) is 29.3 Å². The third-order valence-corrected chi connectivity index (χ3v) is 6.15. The lowest BCUT2D eigenvalue weighted by molar-refractivity contribution is -0.116. The topological polar surface area (TPSA) is 66.5 Å². The number of nitrogens with one attached hydrogen (secondary N) is 1. The average molecular weight is 324 g/mol. The zero-order chi connectivity index (χ0) is 16.3. The molecule has 6 heteroatoms. The van der Waals surface area contributed by atoms with Gasteiger partial charge in [0.1, 0.15) is 0 Å². The Balaban J connectivity index is 1.84. The minimum atomic E-state index is -2.88. The van der Waals surface area contributed by atoms with Crippen LogP contribution < -0.4 is 5.32 Å². The van der Waals surface area contributed by atoms with Crippen LogP contribution in [0.25, 0.3) is 0 Å². The number of anilines is 1. The second kappa shape index (κ2) is 6.79. The molecule has 2 rings (SSSR count). The van der Waals surface area contributed by atoms with Crippen LogP contribution in [-0.4, -0.2) is 50.4 Å². The molecule has 22 heavy (non-hydrogen) atoms. The number of aryl methyl sites for hydroxylation is 1. The normalized spacial score (nSPS) is 20.3. The molecule has 1 amide bonds. The summed E-state index contributed by atoms with van der Waals surface area (Å²) in [5.41, 5.74) is 3.06. The summed E-state index contributed by atoms with van der Waals surface area (Å²) in [4.78, 5) is 14.0. The Morgan fingerprint density at radius 1 is 1.36 bits per heavy atom. The van der Waals surface area contributed by atoms with E-state index in [9.17, 15) is 13.2 Å². The zero-order valence-corrected chi connectivity index (χ0v) is 14.2. The SMILES string of the molecule is Cc1cccc(NC(=O)CCN(C)C2CCS(=O)(=O)C2)c1C. The van der Waals surface area contributed by atoms with E-state index in [0.717, 1.165) is 16.8 Å². The van der Waals surface area contributed by atoms with Gasteiger partial charge in [-0.05, 0) is 44.5 Å². The van der Waals surface area contributed by atoms with Crippen molar-refractivity contribution in [1.29, 1.82) is 0 Å². The minimum Gasteiger partial charge on any atom is -0.326 e. The van der Waals surface area contributed by atoms with Crippen LogP contribution in [0.4, 0.5) is 5.69 Å². The van der Waals surface area contributed by atoms with E-state index in [1.165, 1.54) is 0 Å². The van der Waals surface area contributed by atoms with Crippen LogP contribution >= 0.6 is 0 Å². The average Bonchev–Trinajstić information content (AvgIpc) is 2.81. The molecule has 0 aliphatic carbocycles. The van der Waals surface area contributed by atoms with Crippen LogP contribution in [0.1, 0.15) is 24.0 Å². The van der Waals surface area contributed by atoms with Gasteiger partial charge in [0.25, 0.3) is 0 Å². The van der Waals surface area contributed by atoms with Gasteiger partial charge in [-0.2, -0.15) is 0 Å². The highest BCUT2D eigenvalue weighted by Crippen LogP contribution is 2.19. The Morgan fingerprint density at radius 2 is 2.09 bits per heavy atom. The largest absolute Gasteiger partial charge is 0.326 e. The van der Waals surface area contributed by atoms with Crippen molar-refractivity contribution in [3.63, 3.8) is 0 Å². The van der Waals surface area contributed by atoms with E-state index in [1.54, 1.807) is 0 Å². The molecule has 1 aromatic carbocycles. The summed E-state index contributed by atoms with van der Waals surface area (Å²) in [6, 6.07) is 5.87. The maximum Gasteiger partial charge on any atom is 0.225 e. The van der Waals surface area contributed by atoms with Crippen molar-refractivity contribution < 1.29 is 13.2 Å². The van der Waals surface area contributed by atoms with Gasteiger partial charge >= 0.3 is 0 Å². The quantitative estimate of drug-likeness (QED) is 0.896. The molecule has 1 unspecified atom stereocenters. The molecule has 0 radical (unpaired) electrons. The summed E-state index contributed by atoms with van der Waals surface area (Å²) >= 11 is 0. The second-order valence-corrected chi connectivity index (χ2v) is 8.31. The first-order valence-corrected chi connectivity index (χ1v) is 9.37. The fraction of sp³-hybridized carbons (Fsp3) is 0.562. The van der Waals surface area contributed by atoms with Gasteiger partial charge in [0.05, 0.1) is 11.5 Å².